The van der Waals surface area contributed by atoms with Crippen molar-refractivity contribution >= 4 is 11.5 Å². The van der Waals surface area contributed by atoms with Gasteiger partial charge in [0.1, 0.15) is 6.10 Å². The molecule has 4 rings (SSSR count). The second kappa shape index (κ2) is 3.04. The summed E-state index contributed by atoms with van der Waals surface area (Å²) in [5.74, 6) is 0.558. The predicted molar refractivity (Wildman–Crippen MR) is 73.4 cm³/mol. The fourth-order valence-electron chi connectivity index (χ4n) is 4.39. The number of fused-ring (bicyclic) bond motifs is 7. The van der Waals surface area contributed by atoms with Gasteiger partial charge in [-0.2, -0.15) is 0 Å². The number of para-hydroxylation sites is 1. The van der Waals surface area contributed by atoms with E-state index in [9.17, 15) is 4.79 Å². The fourth-order valence-corrected chi connectivity index (χ4v) is 4.39. The molecule has 3 heterocycles. The van der Waals surface area contributed by atoms with Crippen LogP contribution in [-0.4, -0.2) is 30.6 Å². The summed E-state index contributed by atoms with van der Waals surface area (Å²) in [6.07, 6.45) is -0.276. The number of anilines is 1. The molecular formula is C16H19NO2. The molecule has 1 aromatic carbocycles. The SMILES string of the molecule is CN1c2ccccc2[C@@H]2[C@H]1[C@@H]1O[C@@]2(C)C(C)(C)C1=O. The Bertz CT molecular complexity index is 594. The fraction of sp³-hybridized carbons (Fsp3) is 0.562. The molecule has 3 aliphatic rings. The zero-order valence-electron chi connectivity index (χ0n) is 11.8. The van der Waals surface area contributed by atoms with Gasteiger partial charge in [-0.15, -0.1) is 0 Å². The van der Waals surface area contributed by atoms with Gasteiger partial charge in [-0.1, -0.05) is 18.2 Å². The Kier molecular flexibility index (Phi) is 1.83. The molecule has 2 saturated heterocycles. The zero-order valence-corrected chi connectivity index (χ0v) is 11.8. The topological polar surface area (TPSA) is 29.5 Å². The summed E-state index contributed by atoms with van der Waals surface area (Å²) in [5, 5.41) is 0. The van der Waals surface area contributed by atoms with Crippen LogP contribution in [0.1, 0.15) is 32.3 Å². The number of hydrogen-bond acceptors (Lipinski definition) is 3. The minimum Gasteiger partial charge on any atom is -0.368 e. The van der Waals surface area contributed by atoms with E-state index in [1.54, 1.807) is 0 Å². The van der Waals surface area contributed by atoms with Crippen molar-refractivity contribution in [3.63, 3.8) is 0 Å². The van der Waals surface area contributed by atoms with Crippen LogP contribution < -0.4 is 4.90 Å². The molecule has 0 saturated carbocycles. The molecule has 0 radical (unpaired) electrons. The number of carbonyl (C=O) groups is 1. The van der Waals surface area contributed by atoms with Crippen molar-refractivity contribution < 1.29 is 9.53 Å². The molecule has 3 nitrogen and oxygen atoms in total. The smallest absolute Gasteiger partial charge is 0.172 e. The lowest BCUT2D eigenvalue weighted by atomic mass is 9.60. The Morgan fingerprint density at radius 2 is 1.89 bits per heavy atom. The third-order valence-electron chi connectivity index (χ3n) is 5.83. The van der Waals surface area contributed by atoms with Gasteiger partial charge in [-0.25, -0.2) is 0 Å². The number of ketones is 1. The van der Waals surface area contributed by atoms with Gasteiger partial charge < -0.3 is 9.64 Å². The molecule has 0 unspecified atom stereocenters. The summed E-state index contributed by atoms with van der Waals surface area (Å²) >= 11 is 0. The lowest BCUT2D eigenvalue weighted by molar-refractivity contribution is -0.129. The van der Waals surface area contributed by atoms with E-state index in [1.165, 1.54) is 11.3 Å². The first kappa shape index (κ1) is 11.5. The first-order chi connectivity index (χ1) is 8.89. The maximum absolute atomic E-state index is 12.6. The predicted octanol–water partition coefficient (Wildman–Crippen LogP) is 2.36. The van der Waals surface area contributed by atoms with Crippen LogP contribution >= 0.6 is 0 Å². The average Bonchev–Trinajstić information content (AvgIpc) is 2.91. The number of likely N-dealkylation sites (N-methyl/N-ethyl adjacent to an activating group) is 1. The van der Waals surface area contributed by atoms with E-state index in [0.717, 1.165) is 0 Å². The van der Waals surface area contributed by atoms with E-state index in [1.807, 2.05) is 13.8 Å². The first-order valence-corrected chi connectivity index (χ1v) is 6.93. The number of ether oxygens (including phenoxy) is 1. The molecule has 2 bridgehead atoms. The van der Waals surface area contributed by atoms with Crippen molar-refractivity contribution in [2.24, 2.45) is 5.41 Å². The van der Waals surface area contributed by atoms with Gasteiger partial charge in [0.05, 0.1) is 17.1 Å². The molecule has 3 heteroatoms. The third kappa shape index (κ3) is 1.00. The minimum absolute atomic E-state index is 0.169. The van der Waals surface area contributed by atoms with E-state index in [0.29, 0.717) is 5.92 Å². The molecule has 0 amide bonds. The summed E-state index contributed by atoms with van der Waals surface area (Å²) < 4.78 is 6.19. The zero-order chi connectivity index (χ0) is 13.6. The van der Waals surface area contributed by atoms with Gasteiger partial charge in [0, 0.05) is 18.7 Å². The number of benzene rings is 1. The Hall–Kier alpha value is -1.35. The van der Waals surface area contributed by atoms with Crippen molar-refractivity contribution in [3.8, 4) is 0 Å². The Morgan fingerprint density at radius 3 is 2.63 bits per heavy atom. The standard InChI is InChI=1S/C16H19NO2/c1-15(2)14(18)13-12-11(16(15,3)19-13)9-7-5-6-8-10(9)17(12)4/h5-8,11-13H,1-4H3/t11-,12+,13+,16-/m1/s1. The van der Waals surface area contributed by atoms with Gasteiger partial charge in [-0.3, -0.25) is 4.79 Å². The van der Waals surface area contributed by atoms with Crippen LogP contribution in [0.3, 0.4) is 0 Å². The van der Waals surface area contributed by atoms with Crippen LogP contribution in [0.25, 0.3) is 0 Å². The molecular weight excluding hydrogens is 238 g/mol. The Balaban J connectivity index is 1.95. The van der Waals surface area contributed by atoms with Crippen molar-refractivity contribution in [1.29, 1.82) is 0 Å². The molecule has 0 aliphatic carbocycles. The highest BCUT2D eigenvalue weighted by atomic mass is 16.5. The van der Waals surface area contributed by atoms with Crippen LogP contribution in [0.5, 0.6) is 0 Å². The molecule has 19 heavy (non-hydrogen) atoms. The monoisotopic (exact) mass is 257 g/mol. The second-order valence-electron chi connectivity index (χ2n) is 6.77. The molecule has 1 aromatic rings. The van der Waals surface area contributed by atoms with Gasteiger partial charge in [-0.05, 0) is 32.4 Å². The van der Waals surface area contributed by atoms with E-state index in [-0.39, 0.29) is 23.5 Å². The van der Waals surface area contributed by atoms with Crippen molar-refractivity contribution in [3.05, 3.63) is 29.8 Å². The highest BCUT2D eigenvalue weighted by Crippen LogP contribution is 2.64. The lowest BCUT2D eigenvalue weighted by Crippen LogP contribution is -2.55. The van der Waals surface area contributed by atoms with Crippen molar-refractivity contribution in [2.45, 2.75) is 44.4 Å². The summed E-state index contributed by atoms with van der Waals surface area (Å²) in [5.41, 5.74) is 1.79. The number of Topliss-reactive ketones (excluding diaryl/α,β-unsaturated/α-hetero) is 1. The van der Waals surface area contributed by atoms with E-state index >= 15 is 0 Å². The van der Waals surface area contributed by atoms with E-state index < -0.39 is 5.41 Å². The number of rotatable bonds is 0. The third-order valence-corrected chi connectivity index (χ3v) is 5.83. The average molecular weight is 257 g/mol. The molecule has 2 fully saturated rings. The van der Waals surface area contributed by atoms with Crippen molar-refractivity contribution in [2.75, 3.05) is 11.9 Å². The van der Waals surface area contributed by atoms with Crippen LogP contribution in [0, 0.1) is 5.41 Å². The molecule has 3 aliphatic heterocycles. The van der Waals surface area contributed by atoms with Crippen LogP contribution in [0.4, 0.5) is 5.69 Å². The summed E-state index contributed by atoms with van der Waals surface area (Å²) in [4.78, 5) is 14.8. The second-order valence-corrected chi connectivity index (χ2v) is 6.77. The normalized spacial score (nSPS) is 41.6. The Morgan fingerprint density at radius 1 is 1.21 bits per heavy atom. The molecule has 0 aromatic heterocycles. The maximum atomic E-state index is 12.6. The minimum atomic E-state index is -0.406. The van der Waals surface area contributed by atoms with Crippen LogP contribution in [0.15, 0.2) is 24.3 Å². The summed E-state index contributed by atoms with van der Waals surface area (Å²) in [6, 6.07) is 8.65. The molecule has 0 N–H and O–H groups in total. The van der Waals surface area contributed by atoms with Crippen LogP contribution in [-0.2, 0) is 9.53 Å². The highest BCUT2D eigenvalue weighted by molar-refractivity contribution is 5.96. The first-order valence-electron chi connectivity index (χ1n) is 6.93. The Labute approximate surface area is 113 Å². The summed E-state index contributed by atoms with van der Waals surface area (Å²) in [6.45, 7) is 6.18. The lowest BCUT2D eigenvalue weighted by Gasteiger charge is -2.42. The molecule has 4 atom stereocenters. The van der Waals surface area contributed by atoms with E-state index in [4.69, 9.17) is 4.74 Å². The molecule has 0 spiro atoms. The van der Waals surface area contributed by atoms with Gasteiger partial charge in [0.2, 0.25) is 0 Å². The van der Waals surface area contributed by atoms with Gasteiger partial charge in [0.25, 0.3) is 0 Å². The molecule has 100 valence electrons. The van der Waals surface area contributed by atoms with Crippen molar-refractivity contribution in [1.82, 2.24) is 0 Å². The number of nitrogens with zero attached hydrogens (tertiary/aromatic N) is 1. The number of hydrogen-bond donors (Lipinski definition) is 0. The number of carbonyl (C=O) groups excluding carboxylic acids is 1. The van der Waals surface area contributed by atoms with Crippen LogP contribution in [0.2, 0.25) is 0 Å². The highest BCUT2D eigenvalue weighted by Gasteiger charge is 2.73. The van der Waals surface area contributed by atoms with Gasteiger partial charge >= 0.3 is 0 Å². The van der Waals surface area contributed by atoms with E-state index in [2.05, 4.69) is 43.1 Å². The van der Waals surface area contributed by atoms with Gasteiger partial charge in [0.15, 0.2) is 5.78 Å². The largest absolute Gasteiger partial charge is 0.368 e. The quantitative estimate of drug-likeness (QED) is 0.714. The summed E-state index contributed by atoms with van der Waals surface area (Å²) in [7, 11) is 2.08. The maximum Gasteiger partial charge on any atom is 0.172 e.